The molecule has 0 aliphatic rings. The standard InChI is InChI=1S/C16H40O7Si3/c1-17-9-12-20-26(21-13-10-18-2,22-14-11-19-3)16-15-25(7,8)23-24(4,5)6/h9-16H2,1-8H3. The van der Waals surface area contributed by atoms with E-state index in [1.807, 2.05) is 0 Å². The summed E-state index contributed by atoms with van der Waals surface area (Å²) in [5, 5.41) is 0. The van der Waals surface area contributed by atoms with Crippen LogP contribution in [0.2, 0.25) is 44.8 Å². The van der Waals surface area contributed by atoms with E-state index in [4.69, 9.17) is 31.6 Å². The molecule has 0 aliphatic heterocycles. The van der Waals surface area contributed by atoms with E-state index in [-0.39, 0.29) is 0 Å². The first-order valence-corrected chi connectivity index (χ1v) is 17.6. The number of hydrogen-bond donors (Lipinski definition) is 0. The molecule has 0 amide bonds. The first-order valence-electron chi connectivity index (χ1n) is 9.18. The molecule has 0 atom stereocenters. The molecular formula is C16H40O7Si3. The molecule has 0 aromatic heterocycles. The van der Waals surface area contributed by atoms with Crippen LogP contribution in [0.3, 0.4) is 0 Å². The van der Waals surface area contributed by atoms with Crippen LogP contribution in [0, 0.1) is 0 Å². The second kappa shape index (κ2) is 13.5. The van der Waals surface area contributed by atoms with Gasteiger partial charge in [0.05, 0.1) is 39.6 Å². The van der Waals surface area contributed by atoms with Gasteiger partial charge in [-0.1, -0.05) is 0 Å². The molecule has 0 aromatic rings. The van der Waals surface area contributed by atoms with Crippen LogP contribution in [-0.2, 0) is 31.6 Å². The van der Waals surface area contributed by atoms with Crippen molar-refractivity contribution < 1.29 is 31.6 Å². The minimum atomic E-state index is -2.86. The Labute approximate surface area is 163 Å². The SMILES string of the molecule is COCCO[Si](CC[Si](C)(C)O[Si](C)(C)C)(OCCOC)OCCOC. The van der Waals surface area contributed by atoms with E-state index in [2.05, 4.69) is 32.7 Å². The second-order valence-electron chi connectivity index (χ2n) is 7.68. The van der Waals surface area contributed by atoms with Crippen molar-refractivity contribution in [2.24, 2.45) is 0 Å². The number of rotatable bonds is 17. The minimum Gasteiger partial charge on any atom is -0.456 e. The molecule has 26 heavy (non-hydrogen) atoms. The minimum absolute atomic E-state index is 0.444. The van der Waals surface area contributed by atoms with Gasteiger partial charge in [0, 0.05) is 27.4 Å². The van der Waals surface area contributed by atoms with E-state index >= 15 is 0 Å². The van der Waals surface area contributed by atoms with Gasteiger partial charge in [-0.15, -0.1) is 0 Å². The lowest BCUT2D eigenvalue weighted by Crippen LogP contribution is -2.50. The zero-order valence-corrected chi connectivity index (χ0v) is 21.0. The fourth-order valence-corrected chi connectivity index (χ4v) is 15.1. The average Bonchev–Trinajstić information content (AvgIpc) is 2.51. The van der Waals surface area contributed by atoms with E-state index in [0.717, 1.165) is 12.1 Å². The molecule has 0 saturated carbocycles. The monoisotopic (exact) mass is 428 g/mol. The largest absolute Gasteiger partial charge is 0.500 e. The van der Waals surface area contributed by atoms with Gasteiger partial charge in [-0.05, 0) is 38.8 Å². The number of hydrogen-bond acceptors (Lipinski definition) is 7. The van der Waals surface area contributed by atoms with Crippen LogP contribution in [0.5, 0.6) is 0 Å². The summed E-state index contributed by atoms with van der Waals surface area (Å²) >= 11 is 0. The third-order valence-electron chi connectivity index (χ3n) is 3.44. The van der Waals surface area contributed by atoms with Crippen molar-refractivity contribution >= 4 is 25.4 Å². The van der Waals surface area contributed by atoms with Crippen LogP contribution in [0.25, 0.3) is 0 Å². The maximum Gasteiger partial charge on any atom is 0.500 e. The highest BCUT2D eigenvalue weighted by Gasteiger charge is 2.44. The smallest absolute Gasteiger partial charge is 0.456 e. The zero-order valence-electron chi connectivity index (χ0n) is 18.0. The molecule has 0 aliphatic carbocycles. The van der Waals surface area contributed by atoms with E-state index in [1.54, 1.807) is 21.3 Å². The maximum absolute atomic E-state index is 6.46. The van der Waals surface area contributed by atoms with Crippen LogP contribution < -0.4 is 0 Å². The summed E-state index contributed by atoms with van der Waals surface area (Å²) in [7, 11) is -1.31. The van der Waals surface area contributed by atoms with Crippen LogP contribution in [0.4, 0.5) is 0 Å². The molecule has 10 heteroatoms. The van der Waals surface area contributed by atoms with Gasteiger partial charge in [-0.2, -0.15) is 0 Å². The van der Waals surface area contributed by atoms with Gasteiger partial charge in [-0.25, -0.2) is 0 Å². The summed E-state index contributed by atoms with van der Waals surface area (Å²) in [6.45, 7) is 14.0. The van der Waals surface area contributed by atoms with Crippen LogP contribution in [-0.4, -0.2) is 86.4 Å². The first kappa shape index (κ1) is 26.4. The second-order valence-corrected chi connectivity index (χ2v) is 19.5. The molecule has 0 N–H and O–H groups in total. The lowest BCUT2D eigenvalue weighted by molar-refractivity contribution is 0.0152. The Morgan fingerprint density at radius 1 is 0.538 bits per heavy atom. The lowest BCUT2D eigenvalue weighted by atomic mass is 10.8. The molecule has 0 heterocycles. The molecule has 0 unspecified atom stereocenters. The topological polar surface area (TPSA) is 64.6 Å². The Hall–Kier alpha value is 0.371. The van der Waals surface area contributed by atoms with E-state index in [9.17, 15) is 0 Å². The molecule has 0 spiro atoms. The highest BCUT2D eigenvalue weighted by molar-refractivity contribution is 6.84. The number of methoxy groups -OCH3 is 3. The van der Waals surface area contributed by atoms with Gasteiger partial charge in [0.15, 0.2) is 16.6 Å². The molecule has 0 rings (SSSR count). The first-order chi connectivity index (χ1) is 12.1. The molecule has 0 radical (unpaired) electrons. The Bertz CT molecular complexity index is 325. The molecule has 7 nitrogen and oxygen atoms in total. The Morgan fingerprint density at radius 2 is 0.923 bits per heavy atom. The molecule has 0 saturated heterocycles. The third-order valence-corrected chi connectivity index (χ3v) is 12.9. The van der Waals surface area contributed by atoms with Crippen LogP contribution >= 0.6 is 0 Å². The highest BCUT2D eigenvalue weighted by atomic mass is 28.4. The van der Waals surface area contributed by atoms with E-state index in [0.29, 0.717) is 39.6 Å². The summed E-state index contributed by atoms with van der Waals surface area (Å²) in [4.78, 5) is 0. The summed E-state index contributed by atoms with van der Waals surface area (Å²) < 4.78 is 40.2. The van der Waals surface area contributed by atoms with Crippen molar-refractivity contribution in [1.29, 1.82) is 0 Å². The molecule has 0 bridgehead atoms. The van der Waals surface area contributed by atoms with Gasteiger partial charge in [-0.3, -0.25) is 0 Å². The van der Waals surface area contributed by atoms with Crippen molar-refractivity contribution in [1.82, 2.24) is 0 Å². The van der Waals surface area contributed by atoms with Crippen LogP contribution in [0.15, 0.2) is 0 Å². The molecule has 0 aromatic carbocycles. The van der Waals surface area contributed by atoms with Gasteiger partial charge in [0.25, 0.3) is 0 Å². The highest BCUT2D eigenvalue weighted by Crippen LogP contribution is 2.26. The Morgan fingerprint density at radius 3 is 1.23 bits per heavy atom. The fourth-order valence-electron chi connectivity index (χ4n) is 2.52. The van der Waals surface area contributed by atoms with Gasteiger partial charge >= 0.3 is 8.80 Å². The Balaban J connectivity index is 5.06. The predicted molar refractivity (Wildman–Crippen MR) is 111 cm³/mol. The van der Waals surface area contributed by atoms with Crippen molar-refractivity contribution in [3.05, 3.63) is 0 Å². The van der Waals surface area contributed by atoms with Gasteiger partial charge in [0.1, 0.15) is 0 Å². The molecular weight excluding hydrogens is 388 g/mol. The van der Waals surface area contributed by atoms with Crippen molar-refractivity contribution in [2.75, 3.05) is 61.0 Å². The van der Waals surface area contributed by atoms with Gasteiger partial charge < -0.3 is 31.6 Å². The summed E-state index contributed by atoms with van der Waals surface area (Å²) in [5.74, 6) is 0. The van der Waals surface area contributed by atoms with Gasteiger partial charge in [0.2, 0.25) is 0 Å². The third kappa shape index (κ3) is 13.5. The van der Waals surface area contributed by atoms with Crippen molar-refractivity contribution in [2.45, 2.75) is 44.8 Å². The Kier molecular flexibility index (Phi) is 13.7. The number of ether oxygens (including phenoxy) is 3. The predicted octanol–water partition coefficient (Wildman–Crippen LogP) is 2.97. The lowest BCUT2D eigenvalue weighted by Gasteiger charge is -2.35. The van der Waals surface area contributed by atoms with Crippen molar-refractivity contribution in [3.63, 3.8) is 0 Å². The summed E-state index contributed by atoms with van der Waals surface area (Å²) in [6, 6.07) is 1.66. The molecule has 158 valence electrons. The fraction of sp³-hybridized carbons (Fsp3) is 1.00. The quantitative estimate of drug-likeness (QED) is 0.261. The maximum atomic E-state index is 6.46. The zero-order chi connectivity index (χ0) is 20.1. The van der Waals surface area contributed by atoms with E-state index < -0.39 is 25.4 Å². The van der Waals surface area contributed by atoms with Crippen LogP contribution in [0.1, 0.15) is 0 Å². The normalized spacial score (nSPS) is 13.4. The van der Waals surface area contributed by atoms with Crippen molar-refractivity contribution in [3.8, 4) is 0 Å². The molecule has 0 fully saturated rings. The van der Waals surface area contributed by atoms with E-state index in [1.165, 1.54) is 0 Å². The summed E-state index contributed by atoms with van der Waals surface area (Å²) in [5.41, 5.74) is 0. The summed E-state index contributed by atoms with van der Waals surface area (Å²) in [6.07, 6.45) is 0. The average molecular weight is 429 g/mol.